The Hall–Kier alpha value is -3.39. The molecule has 3 amide bonds. The average Bonchev–Trinajstić information content (AvgIpc) is 2.90. The molecule has 2 aromatic rings. The highest BCUT2D eigenvalue weighted by molar-refractivity contribution is 8.18. The van der Waals surface area contributed by atoms with Crippen LogP contribution in [-0.4, -0.2) is 34.5 Å². The van der Waals surface area contributed by atoms with E-state index in [9.17, 15) is 19.2 Å². The fourth-order valence-electron chi connectivity index (χ4n) is 2.51. The first kappa shape index (κ1) is 19.4. The van der Waals surface area contributed by atoms with Gasteiger partial charge in [-0.2, -0.15) is 0 Å². The van der Waals surface area contributed by atoms with Crippen LogP contribution < -0.4 is 10.5 Å². The van der Waals surface area contributed by atoms with Crippen LogP contribution in [0.4, 0.5) is 4.79 Å². The van der Waals surface area contributed by atoms with Gasteiger partial charge >= 0.3 is 5.97 Å². The number of carbonyl (C=O) groups is 4. The van der Waals surface area contributed by atoms with Crippen molar-refractivity contribution in [2.45, 2.75) is 6.92 Å². The molecule has 1 heterocycles. The van der Waals surface area contributed by atoms with E-state index in [4.69, 9.17) is 10.5 Å². The van der Waals surface area contributed by atoms with Crippen LogP contribution in [-0.2, 0) is 9.59 Å². The second-order valence-corrected chi connectivity index (χ2v) is 7.06. The summed E-state index contributed by atoms with van der Waals surface area (Å²) in [6, 6.07) is 13.6. The zero-order valence-electron chi connectivity index (χ0n) is 14.9. The van der Waals surface area contributed by atoms with Crippen molar-refractivity contribution in [2.24, 2.45) is 5.73 Å². The third-order valence-corrected chi connectivity index (χ3v) is 4.74. The van der Waals surface area contributed by atoms with Crippen LogP contribution in [0, 0.1) is 6.92 Å². The molecular formula is C20H16N2O5S. The first-order chi connectivity index (χ1) is 13.3. The highest BCUT2D eigenvalue weighted by atomic mass is 32.2. The average molecular weight is 396 g/mol. The molecule has 0 aromatic heterocycles. The van der Waals surface area contributed by atoms with E-state index in [1.165, 1.54) is 6.08 Å². The summed E-state index contributed by atoms with van der Waals surface area (Å²) in [6.45, 7) is 1.44. The van der Waals surface area contributed by atoms with Gasteiger partial charge in [0.05, 0.1) is 10.5 Å². The minimum absolute atomic E-state index is 0.191. The van der Waals surface area contributed by atoms with Crippen molar-refractivity contribution in [3.8, 4) is 5.75 Å². The summed E-state index contributed by atoms with van der Waals surface area (Å²) < 4.78 is 5.33. The number of aryl methyl sites for hydroxylation is 1. The predicted octanol–water partition coefficient (Wildman–Crippen LogP) is 2.74. The number of hydrogen-bond donors (Lipinski definition) is 1. The Balaban J connectivity index is 1.70. The normalized spacial score (nSPS) is 15.2. The van der Waals surface area contributed by atoms with Crippen LogP contribution in [0.25, 0.3) is 6.08 Å². The van der Waals surface area contributed by atoms with Gasteiger partial charge in [0.25, 0.3) is 11.1 Å². The molecule has 0 saturated carbocycles. The maximum atomic E-state index is 12.2. The van der Waals surface area contributed by atoms with Crippen LogP contribution >= 0.6 is 11.8 Å². The van der Waals surface area contributed by atoms with Gasteiger partial charge in [-0.3, -0.25) is 19.3 Å². The second kappa shape index (κ2) is 8.10. The quantitative estimate of drug-likeness (QED) is 0.473. The molecule has 2 N–H and O–H groups in total. The van der Waals surface area contributed by atoms with Gasteiger partial charge in [-0.05, 0) is 54.6 Å². The fraction of sp³-hybridized carbons (Fsp3) is 0.100. The molecule has 7 nitrogen and oxygen atoms in total. The molecule has 0 bridgehead atoms. The maximum Gasteiger partial charge on any atom is 0.343 e. The second-order valence-electron chi connectivity index (χ2n) is 6.06. The highest BCUT2D eigenvalue weighted by Gasteiger charge is 2.35. The van der Waals surface area contributed by atoms with Gasteiger partial charge in [0, 0.05) is 0 Å². The van der Waals surface area contributed by atoms with Gasteiger partial charge in [-0.15, -0.1) is 0 Å². The molecule has 2 aromatic carbocycles. The van der Waals surface area contributed by atoms with E-state index in [0.29, 0.717) is 16.9 Å². The topological polar surface area (TPSA) is 107 Å². The molecule has 8 heteroatoms. The van der Waals surface area contributed by atoms with E-state index in [-0.39, 0.29) is 4.91 Å². The SMILES string of the molecule is Cc1cccc(C(=O)Oc2ccc(/C=C3\SC(=O)N(CC(N)=O)C3=O)cc2)c1. The summed E-state index contributed by atoms with van der Waals surface area (Å²) in [5.41, 5.74) is 7.09. The third kappa shape index (κ3) is 4.47. The van der Waals surface area contributed by atoms with Crippen LogP contribution in [0.2, 0.25) is 0 Å². The molecule has 1 fully saturated rings. The number of primary amides is 1. The number of carbonyl (C=O) groups excluding carboxylic acids is 4. The number of ether oxygens (including phenoxy) is 1. The van der Waals surface area contributed by atoms with Crippen LogP contribution in [0.15, 0.2) is 53.4 Å². The van der Waals surface area contributed by atoms with E-state index in [1.54, 1.807) is 42.5 Å². The lowest BCUT2D eigenvalue weighted by Crippen LogP contribution is -2.36. The van der Waals surface area contributed by atoms with Gasteiger partial charge in [0.2, 0.25) is 5.91 Å². The largest absolute Gasteiger partial charge is 0.423 e. The summed E-state index contributed by atoms with van der Waals surface area (Å²) in [6.07, 6.45) is 1.53. The number of esters is 1. The first-order valence-corrected chi connectivity index (χ1v) is 9.08. The van der Waals surface area contributed by atoms with E-state index in [0.717, 1.165) is 22.2 Å². The minimum atomic E-state index is -0.761. The number of amides is 3. The Labute approximate surface area is 165 Å². The number of rotatable bonds is 5. The first-order valence-electron chi connectivity index (χ1n) is 8.26. The van der Waals surface area contributed by atoms with E-state index < -0.39 is 29.6 Å². The van der Waals surface area contributed by atoms with Crippen molar-refractivity contribution in [1.82, 2.24) is 4.90 Å². The molecule has 1 aliphatic rings. The molecule has 1 aliphatic heterocycles. The van der Waals surface area contributed by atoms with Crippen LogP contribution in [0.1, 0.15) is 21.5 Å². The van der Waals surface area contributed by atoms with Crippen molar-refractivity contribution >= 4 is 40.9 Å². The number of hydrogen-bond acceptors (Lipinski definition) is 6. The van der Waals surface area contributed by atoms with Gasteiger partial charge in [0.15, 0.2) is 0 Å². The van der Waals surface area contributed by atoms with Crippen LogP contribution in [0.5, 0.6) is 5.75 Å². The van der Waals surface area contributed by atoms with E-state index in [2.05, 4.69) is 0 Å². The van der Waals surface area contributed by atoms with Gasteiger partial charge in [0.1, 0.15) is 12.3 Å². The molecule has 3 rings (SSSR count). The third-order valence-electron chi connectivity index (χ3n) is 3.83. The Kier molecular flexibility index (Phi) is 5.60. The van der Waals surface area contributed by atoms with Gasteiger partial charge < -0.3 is 10.5 Å². The number of nitrogens with two attached hydrogens (primary N) is 1. The van der Waals surface area contributed by atoms with Crippen molar-refractivity contribution in [3.63, 3.8) is 0 Å². The number of nitrogens with zero attached hydrogens (tertiary/aromatic N) is 1. The summed E-state index contributed by atoms with van der Waals surface area (Å²) in [5, 5.41) is -0.543. The number of imide groups is 1. The van der Waals surface area contributed by atoms with Crippen molar-refractivity contribution in [3.05, 3.63) is 70.1 Å². The monoisotopic (exact) mass is 396 g/mol. The fourth-order valence-corrected chi connectivity index (χ4v) is 3.35. The summed E-state index contributed by atoms with van der Waals surface area (Å²) in [4.78, 5) is 48.1. The number of benzene rings is 2. The molecule has 1 saturated heterocycles. The molecule has 0 spiro atoms. The predicted molar refractivity (Wildman–Crippen MR) is 104 cm³/mol. The van der Waals surface area contributed by atoms with Gasteiger partial charge in [-0.25, -0.2) is 4.79 Å². The smallest absolute Gasteiger partial charge is 0.343 e. The Morgan fingerprint density at radius 3 is 2.50 bits per heavy atom. The Morgan fingerprint density at radius 1 is 1.14 bits per heavy atom. The summed E-state index contributed by atoms with van der Waals surface area (Å²) in [5.74, 6) is -1.44. The van der Waals surface area contributed by atoms with E-state index in [1.807, 2.05) is 13.0 Å². The molecule has 0 unspecified atom stereocenters. The zero-order chi connectivity index (χ0) is 20.3. The minimum Gasteiger partial charge on any atom is -0.423 e. The molecule has 142 valence electrons. The molecular weight excluding hydrogens is 380 g/mol. The lowest BCUT2D eigenvalue weighted by Gasteiger charge is -2.08. The maximum absolute atomic E-state index is 12.2. The van der Waals surface area contributed by atoms with E-state index >= 15 is 0 Å². The standard InChI is InChI=1S/C20H16N2O5S/c1-12-3-2-4-14(9-12)19(25)27-15-7-5-13(6-8-15)10-16-18(24)22(11-17(21)23)20(26)28-16/h2-10H,11H2,1H3,(H2,21,23)/b16-10-. The summed E-state index contributed by atoms with van der Waals surface area (Å²) in [7, 11) is 0. The molecule has 0 radical (unpaired) electrons. The van der Waals surface area contributed by atoms with Crippen LogP contribution in [0.3, 0.4) is 0 Å². The Bertz CT molecular complexity index is 998. The van der Waals surface area contributed by atoms with Crippen molar-refractivity contribution in [2.75, 3.05) is 6.54 Å². The zero-order valence-corrected chi connectivity index (χ0v) is 15.7. The molecule has 0 atom stereocenters. The lowest BCUT2D eigenvalue weighted by molar-refractivity contribution is -0.127. The molecule has 0 aliphatic carbocycles. The molecule has 28 heavy (non-hydrogen) atoms. The lowest BCUT2D eigenvalue weighted by atomic mass is 10.1. The van der Waals surface area contributed by atoms with Crippen molar-refractivity contribution < 1.29 is 23.9 Å². The summed E-state index contributed by atoms with van der Waals surface area (Å²) >= 11 is 0.737. The Morgan fingerprint density at radius 2 is 1.86 bits per heavy atom. The van der Waals surface area contributed by atoms with Gasteiger partial charge in [-0.1, -0.05) is 29.8 Å². The number of thioether (sulfide) groups is 1. The highest BCUT2D eigenvalue weighted by Crippen LogP contribution is 2.32. The van der Waals surface area contributed by atoms with Crippen molar-refractivity contribution in [1.29, 1.82) is 0 Å².